The Morgan fingerprint density at radius 3 is 2.64 bits per heavy atom. The van der Waals surface area contributed by atoms with Gasteiger partial charge in [0.1, 0.15) is 17.5 Å². The minimum absolute atomic E-state index is 0.225. The third kappa shape index (κ3) is 4.22. The minimum Gasteiger partial charge on any atom is -0.496 e. The van der Waals surface area contributed by atoms with Crippen LogP contribution in [-0.2, 0) is 4.79 Å². The number of likely N-dealkylation sites (tertiary alicyclic amines) is 1. The van der Waals surface area contributed by atoms with E-state index in [1.165, 1.54) is 19.3 Å². The van der Waals surface area contributed by atoms with E-state index in [9.17, 15) is 4.79 Å². The summed E-state index contributed by atoms with van der Waals surface area (Å²) in [5.74, 6) is 0.424. The first-order valence-electron chi connectivity index (χ1n) is 7.89. The number of hydrogen-bond acceptors (Lipinski definition) is 4. The zero-order chi connectivity index (χ0) is 15.9. The lowest BCUT2D eigenvalue weighted by molar-refractivity contribution is -0.109. The first-order valence-corrected chi connectivity index (χ1v) is 8.33. The number of ether oxygens (including phenoxy) is 1. The van der Waals surface area contributed by atoms with Crippen LogP contribution < -0.4 is 10.5 Å². The molecule has 1 aromatic carbocycles. The number of aldehydes is 1. The van der Waals surface area contributed by atoms with Crippen LogP contribution in [0.3, 0.4) is 0 Å². The average molecular weight is 325 g/mol. The number of alkyl halides is 1. The van der Waals surface area contributed by atoms with Gasteiger partial charge in [-0.2, -0.15) is 0 Å². The number of carbonyl (C=O) groups is 1. The van der Waals surface area contributed by atoms with Crippen molar-refractivity contribution in [2.45, 2.75) is 43.1 Å². The van der Waals surface area contributed by atoms with E-state index in [0.29, 0.717) is 6.42 Å². The summed E-state index contributed by atoms with van der Waals surface area (Å²) in [7, 11) is 1.61. The summed E-state index contributed by atoms with van der Waals surface area (Å²) < 4.78 is 5.34. The second-order valence-corrected chi connectivity index (χ2v) is 6.30. The third-order valence-corrected chi connectivity index (χ3v) is 4.92. The number of para-hydroxylation sites is 1. The second kappa shape index (κ2) is 8.51. The maximum atomic E-state index is 11.5. The molecule has 1 heterocycles. The van der Waals surface area contributed by atoms with Gasteiger partial charge in [-0.3, -0.25) is 4.90 Å². The Bertz CT molecular complexity index is 477. The highest BCUT2D eigenvalue weighted by molar-refractivity contribution is 6.20. The highest BCUT2D eigenvalue weighted by Crippen LogP contribution is 2.30. The van der Waals surface area contributed by atoms with Gasteiger partial charge in [-0.15, -0.1) is 11.6 Å². The van der Waals surface area contributed by atoms with Crippen molar-refractivity contribution in [2.24, 2.45) is 5.73 Å². The van der Waals surface area contributed by atoms with Crippen LogP contribution in [0.4, 0.5) is 0 Å². The topological polar surface area (TPSA) is 55.6 Å². The zero-order valence-electron chi connectivity index (χ0n) is 13.1. The average Bonchev–Trinajstić information content (AvgIpc) is 2.59. The van der Waals surface area contributed by atoms with Crippen molar-refractivity contribution in [1.82, 2.24) is 4.90 Å². The van der Waals surface area contributed by atoms with Crippen LogP contribution in [0, 0.1) is 0 Å². The molecule has 4 nitrogen and oxygen atoms in total. The molecule has 0 amide bonds. The lowest BCUT2D eigenvalue weighted by atomic mass is 9.92. The predicted octanol–water partition coefficient (Wildman–Crippen LogP) is 2.75. The molecule has 22 heavy (non-hydrogen) atoms. The lowest BCUT2D eigenvalue weighted by Gasteiger charge is -2.34. The molecule has 3 atom stereocenters. The molecule has 5 heteroatoms. The molecular formula is C17H25ClN2O2. The Morgan fingerprint density at radius 1 is 1.32 bits per heavy atom. The molecule has 2 N–H and O–H groups in total. The number of methoxy groups -OCH3 is 1. The fraction of sp³-hybridized carbons (Fsp3) is 0.588. The number of halogens is 1. The number of nitrogens with two attached hydrogens (primary N) is 1. The maximum Gasteiger partial charge on any atom is 0.127 e. The summed E-state index contributed by atoms with van der Waals surface area (Å²) in [5, 5.41) is 0. The Morgan fingerprint density at radius 2 is 2.00 bits per heavy atom. The number of rotatable bonds is 7. The van der Waals surface area contributed by atoms with Crippen LogP contribution in [0.15, 0.2) is 24.3 Å². The summed E-state index contributed by atoms with van der Waals surface area (Å²) in [6.45, 7) is 1.98. The highest BCUT2D eigenvalue weighted by Gasteiger charge is 2.27. The molecule has 1 aromatic rings. The van der Waals surface area contributed by atoms with Gasteiger partial charge in [0.05, 0.1) is 7.11 Å². The maximum absolute atomic E-state index is 11.5. The molecular weight excluding hydrogens is 300 g/mol. The van der Waals surface area contributed by atoms with Gasteiger partial charge in [-0.1, -0.05) is 24.6 Å². The number of hydrogen-bond donors (Lipinski definition) is 1. The zero-order valence-corrected chi connectivity index (χ0v) is 13.8. The Hall–Kier alpha value is -1.10. The largest absolute Gasteiger partial charge is 0.496 e. The SMILES string of the molecule is COc1ccccc1C(C=O)CC(N)C(Cl)N1CCCCC1. The Kier molecular flexibility index (Phi) is 6.68. The van der Waals surface area contributed by atoms with E-state index < -0.39 is 0 Å². The molecule has 0 bridgehead atoms. The van der Waals surface area contributed by atoms with E-state index in [-0.39, 0.29) is 17.5 Å². The predicted molar refractivity (Wildman–Crippen MR) is 89.5 cm³/mol. The molecule has 1 saturated heterocycles. The molecule has 2 rings (SSSR count). The standard InChI is InChI=1S/C17H25ClN2O2/c1-22-16-8-4-3-7-14(16)13(12-21)11-15(19)17(18)20-9-5-2-6-10-20/h3-4,7-8,12-13,15,17H,2,5-6,9-11,19H2,1H3. The Balaban J connectivity index is 2.03. The molecule has 0 aliphatic carbocycles. The number of piperidine rings is 1. The van der Waals surface area contributed by atoms with E-state index in [0.717, 1.165) is 30.7 Å². The van der Waals surface area contributed by atoms with Crippen molar-refractivity contribution in [3.8, 4) is 5.75 Å². The second-order valence-electron chi connectivity index (χ2n) is 5.85. The molecule has 3 unspecified atom stereocenters. The van der Waals surface area contributed by atoms with Gasteiger partial charge in [0.2, 0.25) is 0 Å². The third-order valence-electron chi connectivity index (χ3n) is 4.32. The number of carbonyl (C=O) groups excluding carboxylic acids is 1. The smallest absolute Gasteiger partial charge is 0.127 e. The molecule has 0 radical (unpaired) electrons. The van der Waals surface area contributed by atoms with Gasteiger partial charge >= 0.3 is 0 Å². The van der Waals surface area contributed by atoms with Gasteiger partial charge in [0.25, 0.3) is 0 Å². The summed E-state index contributed by atoms with van der Waals surface area (Å²) in [4.78, 5) is 13.8. The van der Waals surface area contributed by atoms with Crippen LogP contribution in [0.25, 0.3) is 0 Å². The first-order chi connectivity index (χ1) is 10.7. The van der Waals surface area contributed by atoms with E-state index in [2.05, 4.69) is 4.90 Å². The normalized spacial score (nSPS) is 20.1. The lowest BCUT2D eigenvalue weighted by Crippen LogP contribution is -2.47. The number of nitrogens with zero attached hydrogens (tertiary/aromatic N) is 1. The quantitative estimate of drug-likeness (QED) is 0.476. The number of benzene rings is 1. The fourth-order valence-electron chi connectivity index (χ4n) is 3.07. The monoisotopic (exact) mass is 324 g/mol. The molecule has 0 saturated carbocycles. The van der Waals surface area contributed by atoms with Crippen LogP contribution >= 0.6 is 11.6 Å². The van der Waals surface area contributed by atoms with Crippen molar-refractivity contribution >= 4 is 17.9 Å². The van der Waals surface area contributed by atoms with Crippen molar-refractivity contribution in [2.75, 3.05) is 20.2 Å². The summed E-state index contributed by atoms with van der Waals surface area (Å²) in [6.07, 6.45) is 5.05. The van der Waals surface area contributed by atoms with Gasteiger partial charge in [-0.05, 0) is 38.4 Å². The van der Waals surface area contributed by atoms with Gasteiger partial charge in [-0.25, -0.2) is 0 Å². The van der Waals surface area contributed by atoms with Crippen LogP contribution in [0.1, 0.15) is 37.2 Å². The van der Waals surface area contributed by atoms with Crippen molar-refractivity contribution in [1.29, 1.82) is 0 Å². The summed E-state index contributed by atoms with van der Waals surface area (Å²) >= 11 is 6.53. The van der Waals surface area contributed by atoms with E-state index >= 15 is 0 Å². The van der Waals surface area contributed by atoms with Crippen molar-refractivity contribution in [3.63, 3.8) is 0 Å². The highest BCUT2D eigenvalue weighted by atomic mass is 35.5. The first kappa shape index (κ1) is 17.3. The van der Waals surface area contributed by atoms with Gasteiger partial charge < -0.3 is 15.3 Å². The van der Waals surface area contributed by atoms with Gasteiger partial charge in [0.15, 0.2) is 0 Å². The molecule has 1 fully saturated rings. The molecule has 1 aliphatic heterocycles. The summed E-state index contributed by atoms with van der Waals surface area (Å²) in [6, 6.07) is 7.32. The molecule has 0 aromatic heterocycles. The van der Waals surface area contributed by atoms with Gasteiger partial charge in [0, 0.05) is 17.5 Å². The minimum atomic E-state index is -0.294. The van der Waals surface area contributed by atoms with Crippen LogP contribution in [0.5, 0.6) is 5.75 Å². The van der Waals surface area contributed by atoms with Crippen molar-refractivity contribution in [3.05, 3.63) is 29.8 Å². The molecule has 122 valence electrons. The van der Waals surface area contributed by atoms with E-state index in [4.69, 9.17) is 22.1 Å². The molecule has 1 aliphatic rings. The van der Waals surface area contributed by atoms with E-state index in [1.807, 2.05) is 24.3 Å². The fourth-order valence-corrected chi connectivity index (χ4v) is 3.37. The Labute approximate surface area is 137 Å². The molecule has 0 spiro atoms. The van der Waals surface area contributed by atoms with E-state index in [1.54, 1.807) is 7.11 Å². The van der Waals surface area contributed by atoms with Crippen LogP contribution in [-0.4, -0.2) is 42.9 Å². The van der Waals surface area contributed by atoms with Crippen molar-refractivity contribution < 1.29 is 9.53 Å². The van der Waals surface area contributed by atoms with Crippen LogP contribution in [0.2, 0.25) is 0 Å². The summed E-state index contributed by atoms with van der Waals surface area (Å²) in [5.41, 5.74) is 6.93.